The maximum absolute atomic E-state index is 3.77. The van der Waals surface area contributed by atoms with Gasteiger partial charge in [0, 0.05) is 10.4 Å². The van der Waals surface area contributed by atoms with Crippen LogP contribution in [0.3, 0.4) is 0 Å². The van der Waals surface area contributed by atoms with E-state index in [-0.39, 0.29) is 5.54 Å². The van der Waals surface area contributed by atoms with Gasteiger partial charge in [0.05, 0.1) is 6.04 Å². The third-order valence-corrected chi connectivity index (χ3v) is 5.79. The molecule has 114 valence electrons. The Morgan fingerprint density at radius 1 is 1.30 bits per heavy atom. The van der Waals surface area contributed by atoms with Gasteiger partial charge in [0.15, 0.2) is 0 Å². The number of nitrogens with zero attached hydrogens (tertiary/aromatic N) is 1. The molecule has 0 aliphatic carbocycles. The number of thiophene rings is 1. The van der Waals surface area contributed by atoms with Crippen LogP contribution in [-0.2, 0) is 0 Å². The van der Waals surface area contributed by atoms with Gasteiger partial charge in [-0.15, -0.1) is 11.3 Å². The van der Waals surface area contributed by atoms with Crippen molar-refractivity contribution in [3.05, 3.63) is 21.9 Å². The van der Waals surface area contributed by atoms with Crippen LogP contribution in [0, 0.1) is 6.92 Å². The van der Waals surface area contributed by atoms with E-state index in [1.807, 2.05) is 11.3 Å². The molecular weight excluding hydrogens is 264 g/mol. The van der Waals surface area contributed by atoms with Crippen LogP contribution < -0.4 is 5.32 Å². The molecule has 0 saturated carbocycles. The van der Waals surface area contributed by atoms with Gasteiger partial charge in [-0.2, -0.15) is 0 Å². The minimum Gasteiger partial charge on any atom is -0.309 e. The minimum atomic E-state index is 0.226. The molecule has 1 aromatic rings. The molecule has 20 heavy (non-hydrogen) atoms. The lowest BCUT2D eigenvalue weighted by Gasteiger charge is -2.48. The van der Waals surface area contributed by atoms with Crippen molar-refractivity contribution in [3.63, 3.8) is 0 Å². The second kappa shape index (κ2) is 7.06. The Morgan fingerprint density at radius 3 is 2.50 bits per heavy atom. The molecule has 2 rings (SSSR count). The van der Waals surface area contributed by atoms with E-state index in [4.69, 9.17) is 0 Å². The monoisotopic (exact) mass is 294 g/mol. The average Bonchev–Trinajstić information content (AvgIpc) is 2.91. The van der Waals surface area contributed by atoms with Crippen LogP contribution in [0.1, 0.15) is 62.9 Å². The number of piperidine rings is 1. The van der Waals surface area contributed by atoms with E-state index in [2.05, 4.69) is 49.4 Å². The summed E-state index contributed by atoms with van der Waals surface area (Å²) in [6, 6.07) is 2.82. The highest BCUT2D eigenvalue weighted by Gasteiger charge is 2.39. The summed E-state index contributed by atoms with van der Waals surface area (Å²) in [4.78, 5) is 4.15. The summed E-state index contributed by atoms with van der Waals surface area (Å²) in [5, 5.41) is 6.11. The summed E-state index contributed by atoms with van der Waals surface area (Å²) >= 11 is 1.87. The molecule has 0 aromatic carbocycles. The second-order valence-corrected chi connectivity index (χ2v) is 7.36. The molecule has 0 bridgehead atoms. The molecule has 2 atom stereocenters. The van der Waals surface area contributed by atoms with E-state index in [1.54, 1.807) is 0 Å². The molecule has 2 unspecified atom stereocenters. The molecule has 1 saturated heterocycles. The minimum absolute atomic E-state index is 0.226. The first-order valence-corrected chi connectivity index (χ1v) is 9.03. The van der Waals surface area contributed by atoms with Gasteiger partial charge in [0.2, 0.25) is 0 Å². The summed E-state index contributed by atoms with van der Waals surface area (Å²) in [5.74, 6) is 0. The smallest absolute Gasteiger partial charge is 0.0512 e. The SMILES string of the molecule is CCNC(c1csc(C)c1)C(C)(CC)N1CCCCC1. The zero-order valence-corrected chi connectivity index (χ0v) is 14.4. The van der Waals surface area contributed by atoms with Crippen LogP contribution >= 0.6 is 11.3 Å². The van der Waals surface area contributed by atoms with Crippen molar-refractivity contribution >= 4 is 11.3 Å². The summed E-state index contributed by atoms with van der Waals surface area (Å²) in [5.41, 5.74) is 1.70. The molecule has 1 N–H and O–H groups in total. The fourth-order valence-electron chi connectivity index (χ4n) is 3.53. The number of likely N-dealkylation sites (tertiary alicyclic amines) is 1. The number of rotatable bonds is 6. The molecular formula is C17H30N2S. The maximum Gasteiger partial charge on any atom is 0.0512 e. The molecule has 1 aromatic heterocycles. The highest BCUT2D eigenvalue weighted by atomic mass is 32.1. The topological polar surface area (TPSA) is 15.3 Å². The number of likely N-dealkylation sites (N-methyl/N-ethyl adjacent to an activating group) is 1. The Labute approximate surface area is 128 Å². The zero-order chi connectivity index (χ0) is 14.6. The van der Waals surface area contributed by atoms with Crippen molar-refractivity contribution in [1.82, 2.24) is 10.2 Å². The van der Waals surface area contributed by atoms with Gasteiger partial charge in [-0.05, 0) is 69.8 Å². The fraction of sp³-hybridized carbons (Fsp3) is 0.765. The third-order valence-electron chi connectivity index (χ3n) is 4.91. The molecule has 0 amide bonds. The van der Waals surface area contributed by atoms with Crippen LogP contribution in [0.2, 0.25) is 0 Å². The molecule has 1 aliphatic heterocycles. The highest BCUT2D eigenvalue weighted by molar-refractivity contribution is 7.10. The maximum atomic E-state index is 3.77. The van der Waals surface area contributed by atoms with E-state index in [1.165, 1.54) is 49.2 Å². The fourth-order valence-corrected chi connectivity index (χ4v) is 4.26. The normalized spacial score (nSPS) is 21.6. The van der Waals surface area contributed by atoms with Crippen LogP contribution in [0.4, 0.5) is 0 Å². The predicted molar refractivity (Wildman–Crippen MR) is 89.6 cm³/mol. The van der Waals surface area contributed by atoms with Gasteiger partial charge in [-0.25, -0.2) is 0 Å². The van der Waals surface area contributed by atoms with Crippen LogP contribution in [0.15, 0.2) is 11.4 Å². The Morgan fingerprint density at radius 2 is 2.00 bits per heavy atom. The number of nitrogens with one attached hydrogen (secondary N) is 1. The van der Waals surface area contributed by atoms with Crippen LogP contribution in [-0.4, -0.2) is 30.1 Å². The molecule has 1 aliphatic rings. The molecule has 2 nitrogen and oxygen atoms in total. The quantitative estimate of drug-likeness (QED) is 0.838. The van der Waals surface area contributed by atoms with Crippen molar-refractivity contribution < 1.29 is 0 Å². The Balaban J connectivity index is 2.27. The van der Waals surface area contributed by atoms with Crippen molar-refractivity contribution in [3.8, 4) is 0 Å². The van der Waals surface area contributed by atoms with Crippen molar-refractivity contribution in [2.75, 3.05) is 19.6 Å². The van der Waals surface area contributed by atoms with Crippen LogP contribution in [0.5, 0.6) is 0 Å². The highest BCUT2D eigenvalue weighted by Crippen LogP contribution is 2.37. The molecule has 1 fully saturated rings. The Bertz CT molecular complexity index is 409. The number of aryl methyl sites for hydroxylation is 1. The lowest BCUT2D eigenvalue weighted by atomic mass is 9.82. The van der Waals surface area contributed by atoms with Gasteiger partial charge in [0.1, 0.15) is 0 Å². The van der Waals surface area contributed by atoms with Gasteiger partial charge in [-0.1, -0.05) is 20.3 Å². The van der Waals surface area contributed by atoms with Gasteiger partial charge in [-0.3, -0.25) is 4.90 Å². The first-order chi connectivity index (χ1) is 9.61. The van der Waals surface area contributed by atoms with E-state index in [0.717, 1.165) is 6.54 Å². The lowest BCUT2D eigenvalue weighted by molar-refractivity contribution is 0.0430. The van der Waals surface area contributed by atoms with Crippen molar-refractivity contribution in [2.45, 2.75) is 65.0 Å². The van der Waals surface area contributed by atoms with Crippen molar-refractivity contribution in [2.24, 2.45) is 0 Å². The predicted octanol–water partition coefficient (Wildman–Crippen LogP) is 4.36. The summed E-state index contributed by atoms with van der Waals surface area (Å²) in [6.07, 6.45) is 5.31. The van der Waals surface area contributed by atoms with Crippen molar-refractivity contribution in [1.29, 1.82) is 0 Å². The second-order valence-electron chi connectivity index (χ2n) is 6.24. The van der Waals surface area contributed by atoms with E-state index in [0.29, 0.717) is 6.04 Å². The molecule has 0 spiro atoms. The standard InChI is InChI=1S/C17H30N2S/c1-5-17(4,19-10-8-7-9-11-19)16(18-6-2)15-12-14(3)20-13-15/h12-13,16,18H,5-11H2,1-4H3. The van der Waals surface area contributed by atoms with E-state index in [9.17, 15) is 0 Å². The van der Waals surface area contributed by atoms with Gasteiger partial charge < -0.3 is 5.32 Å². The average molecular weight is 295 g/mol. The van der Waals surface area contributed by atoms with Gasteiger partial charge >= 0.3 is 0 Å². The number of hydrogen-bond donors (Lipinski definition) is 1. The van der Waals surface area contributed by atoms with E-state index < -0.39 is 0 Å². The summed E-state index contributed by atoms with van der Waals surface area (Å²) in [7, 11) is 0. The lowest BCUT2D eigenvalue weighted by Crippen LogP contribution is -2.55. The molecule has 0 radical (unpaired) electrons. The Hall–Kier alpha value is -0.380. The first kappa shape index (κ1) is 16.0. The van der Waals surface area contributed by atoms with Crippen LogP contribution in [0.25, 0.3) is 0 Å². The zero-order valence-electron chi connectivity index (χ0n) is 13.5. The summed E-state index contributed by atoms with van der Waals surface area (Å²) < 4.78 is 0. The van der Waals surface area contributed by atoms with Gasteiger partial charge in [0.25, 0.3) is 0 Å². The largest absolute Gasteiger partial charge is 0.309 e. The molecule has 3 heteroatoms. The Kier molecular flexibility index (Phi) is 5.65. The molecule has 2 heterocycles. The number of hydrogen-bond acceptors (Lipinski definition) is 3. The summed E-state index contributed by atoms with van der Waals surface area (Å²) in [6.45, 7) is 12.8. The first-order valence-electron chi connectivity index (χ1n) is 8.15. The van der Waals surface area contributed by atoms with E-state index >= 15 is 0 Å². The third kappa shape index (κ3) is 3.26.